The number of thioether (sulfide) groups is 1. The minimum Gasteiger partial charge on any atom is -0.387 e. The first-order chi connectivity index (χ1) is 9.94. The van der Waals surface area contributed by atoms with Crippen LogP contribution < -0.4 is 0 Å². The van der Waals surface area contributed by atoms with Gasteiger partial charge in [0.05, 0.1) is 22.4 Å². The van der Waals surface area contributed by atoms with Gasteiger partial charge in [0.2, 0.25) is 0 Å². The Balaban J connectivity index is 1.75. The highest BCUT2D eigenvalue weighted by molar-refractivity contribution is 7.98. The first kappa shape index (κ1) is 15.0. The molecule has 0 saturated carbocycles. The first-order valence-electron chi connectivity index (χ1n) is 6.98. The zero-order valence-corrected chi connectivity index (χ0v) is 13.7. The molecule has 2 aromatic rings. The Morgan fingerprint density at radius 3 is 2.95 bits per heavy atom. The molecule has 0 bridgehead atoms. The number of halogens is 1. The third-order valence-electron chi connectivity index (χ3n) is 3.65. The molecule has 1 aromatic heterocycles. The van der Waals surface area contributed by atoms with Gasteiger partial charge in [0.1, 0.15) is 10.8 Å². The summed E-state index contributed by atoms with van der Waals surface area (Å²) in [5.74, 6) is 0.455. The van der Waals surface area contributed by atoms with Gasteiger partial charge in [-0.2, -0.15) is 0 Å². The lowest BCUT2D eigenvalue weighted by molar-refractivity contribution is 0.102. The maximum absolute atomic E-state index is 13.6. The summed E-state index contributed by atoms with van der Waals surface area (Å²) in [5.41, 5.74) is 1.11. The second kappa shape index (κ2) is 5.71. The smallest absolute Gasteiger partial charge is 0.136 e. The number of thiazole rings is 1. The average molecular weight is 323 g/mol. The topological polar surface area (TPSA) is 33.1 Å². The lowest BCUT2D eigenvalue weighted by Crippen LogP contribution is -2.24. The molecule has 2 nitrogen and oxygen atoms in total. The molecule has 1 aromatic carbocycles. The summed E-state index contributed by atoms with van der Waals surface area (Å²) in [5, 5.41) is 11.2. The number of fused-ring (bicyclic) bond motifs is 1. The predicted molar refractivity (Wildman–Crippen MR) is 85.1 cm³/mol. The molecule has 1 heterocycles. The van der Waals surface area contributed by atoms with Crippen molar-refractivity contribution in [3.63, 3.8) is 0 Å². The van der Waals surface area contributed by atoms with Gasteiger partial charge in [-0.05, 0) is 30.4 Å². The number of aromatic nitrogens is 1. The zero-order chi connectivity index (χ0) is 15.0. The molecule has 1 aliphatic rings. The van der Waals surface area contributed by atoms with Crippen molar-refractivity contribution in [1.82, 2.24) is 4.98 Å². The number of aliphatic hydroxyl groups is 1. The van der Waals surface area contributed by atoms with Crippen LogP contribution in [0.4, 0.5) is 4.39 Å². The summed E-state index contributed by atoms with van der Waals surface area (Å²) in [6.07, 6.45) is 1.27. The second-order valence-corrected chi connectivity index (χ2v) is 8.33. The van der Waals surface area contributed by atoms with Gasteiger partial charge in [0, 0.05) is 4.90 Å². The lowest BCUT2D eigenvalue weighted by atomic mass is 9.77. The highest BCUT2D eigenvalue weighted by Crippen LogP contribution is 2.43. The fraction of sp³-hybridized carbons (Fsp3) is 0.438. The zero-order valence-electron chi connectivity index (χ0n) is 12.1. The Bertz CT molecular complexity index is 653. The van der Waals surface area contributed by atoms with Crippen LogP contribution in [-0.4, -0.2) is 10.1 Å². The molecule has 0 amide bonds. The number of benzene rings is 1. The van der Waals surface area contributed by atoms with Crippen LogP contribution in [0.15, 0.2) is 29.2 Å². The lowest BCUT2D eigenvalue weighted by Gasteiger charge is -2.31. The molecular formula is C16H18FNOS2. The molecule has 1 N–H and O–H groups in total. The van der Waals surface area contributed by atoms with Crippen molar-refractivity contribution in [3.05, 3.63) is 45.7 Å². The van der Waals surface area contributed by atoms with Gasteiger partial charge in [-0.1, -0.05) is 26.0 Å². The average Bonchev–Trinajstić information content (AvgIpc) is 2.79. The van der Waals surface area contributed by atoms with E-state index in [2.05, 4.69) is 18.8 Å². The van der Waals surface area contributed by atoms with Crippen molar-refractivity contribution >= 4 is 23.1 Å². The van der Waals surface area contributed by atoms with E-state index in [9.17, 15) is 9.50 Å². The van der Waals surface area contributed by atoms with E-state index < -0.39 is 6.10 Å². The Morgan fingerprint density at radius 1 is 1.43 bits per heavy atom. The van der Waals surface area contributed by atoms with Crippen molar-refractivity contribution in [2.75, 3.05) is 0 Å². The molecule has 0 spiro atoms. The molecular weight excluding hydrogens is 305 g/mol. The monoisotopic (exact) mass is 323 g/mol. The van der Waals surface area contributed by atoms with Crippen LogP contribution in [0, 0.1) is 11.2 Å². The quantitative estimate of drug-likeness (QED) is 0.839. The predicted octanol–water partition coefficient (Wildman–Crippen LogP) is 4.58. The highest BCUT2D eigenvalue weighted by atomic mass is 32.2. The Kier molecular flexibility index (Phi) is 4.08. The van der Waals surface area contributed by atoms with Crippen LogP contribution in [0.25, 0.3) is 0 Å². The van der Waals surface area contributed by atoms with Crippen molar-refractivity contribution in [3.8, 4) is 0 Å². The summed E-state index contributed by atoms with van der Waals surface area (Å²) in [6.45, 7) is 4.32. The van der Waals surface area contributed by atoms with Gasteiger partial charge in [0.15, 0.2) is 0 Å². The Morgan fingerprint density at radius 2 is 2.19 bits per heavy atom. The van der Waals surface area contributed by atoms with E-state index in [1.807, 2.05) is 6.07 Å². The maximum Gasteiger partial charge on any atom is 0.136 e. The minimum absolute atomic E-state index is 0.0937. The van der Waals surface area contributed by atoms with Crippen LogP contribution >= 0.6 is 23.1 Å². The summed E-state index contributed by atoms with van der Waals surface area (Å²) in [6, 6.07) is 6.79. The molecule has 5 heteroatoms. The van der Waals surface area contributed by atoms with E-state index in [0.29, 0.717) is 10.6 Å². The fourth-order valence-corrected chi connectivity index (χ4v) is 4.71. The van der Waals surface area contributed by atoms with Crippen molar-refractivity contribution in [2.24, 2.45) is 5.41 Å². The maximum atomic E-state index is 13.6. The second-order valence-electron chi connectivity index (χ2n) is 6.20. The molecule has 0 saturated heterocycles. The third-order valence-corrected chi connectivity index (χ3v) is 6.10. The summed E-state index contributed by atoms with van der Waals surface area (Å²) in [4.78, 5) is 6.30. The van der Waals surface area contributed by atoms with E-state index in [1.165, 1.54) is 17.8 Å². The van der Waals surface area contributed by atoms with Crippen LogP contribution in [0.5, 0.6) is 0 Å². The number of rotatable bonds is 3. The van der Waals surface area contributed by atoms with Gasteiger partial charge >= 0.3 is 0 Å². The molecule has 3 rings (SSSR count). The van der Waals surface area contributed by atoms with Crippen molar-refractivity contribution < 1.29 is 9.50 Å². The number of nitrogens with zero attached hydrogens (tertiary/aromatic N) is 1. The SMILES string of the molecule is CC1(C)Cc2nc(CSc3ccccc3F)sc2C(O)C1. The third kappa shape index (κ3) is 3.30. The number of hydrogen-bond acceptors (Lipinski definition) is 4. The van der Waals surface area contributed by atoms with Gasteiger partial charge in [0.25, 0.3) is 0 Å². The summed E-state index contributed by atoms with van der Waals surface area (Å²) < 4.78 is 13.6. The van der Waals surface area contributed by atoms with E-state index in [-0.39, 0.29) is 11.2 Å². The molecule has 0 fully saturated rings. The molecule has 112 valence electrons. The molecule has 0 radical (unpaired) electrons. The number of hydrogen-bond donors (Lipinski definition) is 1. The minimum atomic E-state index is -0.409. The van der Waals surface area contributed by atoms with Gasteiger partial charge < -0.3 is 5.11 Å². The standard InChI is InChI=1S/C16H18FNOS2/c1-16(2)7-11-15(12(19)8-16)21-14(18-11)9-20-13-6-4-3-5-10(13)17/h3-6,12,19H,7-9H2,1-2H3. The Labute approximate surface area is 132 Å². The highest BCUT2D eigenvalue weighted by Gasteiger charge is 2.33. The van der Waals surface area contributed by atoms with Gasteiger partial charge in [-0.3, -0.25) is 0 Å². The normalized spacial score (nSPS) is 20.3. The van der Waals surface area contributed by atoms with E-state index in [4.69, 9.17) is 0 Å². The van der Waals surface area contributed by atoms with Gasteiger partial charge in [-0.25, -0.2) is 9.37 Å². The van der Waals surface area contributed by atoms with E-state index in [1.54, 1.807) is 23.5 Å². The van der Waals surface area contributed by atoms with Crippen LogP contribution in [0.2, 0.25) is 0 Å². The summed E-state index contributed by atoms with van der Waals surface area (Å²) >= 11 is 3.02. The van der Waals surface area contributed by atoms with Gasteiger partial charge in [-0.15, -0.1) is 23.1 Å². The molecule has 0 aliphatic heterocycles. The molecule has 1 aliphatic carbocycles. The summed E-state index contributed by atoms with van der Waals surface area (Å²) in [7, 11) is 0. The van der Waals surface area contributed by atoms with Crippen molar-refractivity contribution in [2.45, 2.75) is 43.4 Å². The van der Waals surface area contributed by atoms with E-state index in [0.717, 1.165) is 28.4 Å². The molecule has 1 atom stereocenters. The first-order valence-corrected chi connectivity index (χ1v) is 8.79. The number of aliphatic hydroxyl groups excluding tert-OH is 1. The Hall–Kier alpha value is -0.910. The fourth-order valence-electron chi connectivity index (χ4n) is 2.71. The molecule has 21 heavy (non-hydrogen) atoms. The van der Waals surface area contributed by atoms with E-state index >= 15 is 0 Å². The van der Waals surface area contributed by atoms with Crippen molar-refractivity contribution in [1.29, 1.82) is 0 Å². The van der Waals surface area contributed by atoms with Crippen LogP contribution in [0.1, 0.15) is 42.0 Å². The molecule has 1 unspecified atom stereocenters. The van der Waals surface area contributed by atoms with Crippen LogP contribution in [-0.2, 0) is 12.2 Å². The van der Waals surface area contributed by atoms with Crippen LogP contribution in [0.3, 0.4) is 0 Å². The largest absolute Gasteiger partial charge is 0.387 e.